The number of amides is 1. The number of sulfone groups is 1. The number of nitrogens with zero attached hydrogens (tertiary/aromatic N) is 2. The van der Waals surface area contributed by atoms with Crippen LogP contribution in [0.3, 0.4) is 0 Å². The molecule has 2 atom stereocenters. The van der Waals surface area contributed by atoms with Crippen molar-refractivity contribution in [3.8, 4) is 0 Å². The first kappa shape index (κ1) is 19.6. The van der Waals surface area contributed by atoms with E-state index in [2.05, 4.69) is 4.98 Å². The largest absolute Gasteiger partial charge is 0.507 e. The van der Waals surface area contributed by atoms with Crippen LogP contribution in [0, 0.1) is 0 Å². The number of carbonyl (C=O) groups excluding carboxylic acids is 2. The van der Waals surface area contributed by atoms with Crippen molar-refractivity contribution >= 4 is 38.9 Å². The van der Waals surface area contributed by atoms with Crippen molar-refractivity contribution < 1.29 is 23.1 Å². The van der Waals surface area contributed by atoms with Crippen molar-refractivity contribution in [1.29, 1.82) is 0 Å². The van der Waals surface area contributed by atoms with Crippen molar-refractivity contribution in [2.75, 3.05) is 11.5 Å². The predicted octanol–water partition coefficient (Wildman–Crippen LogP) is 2.34. The minimum Gasteiger partial charge on any atom is -0.507 e. The number of aliphatic hydroxyl groups excluding tert-OH is 1. The molecular formula is C20H17ClN2O5S. The summed E-state index contributed by atoms with van der Waals surface area (Å²) in [6.45, 7) is 0. The van der Waals surface area contributed by atoms with Crippen LogP contribution in [0.5, 0.6) is 0 Å². The number of halogens is 1. The first-order valence-corrected chi connectivity index (χ1v) is 11.1. The van der Waals surface area contributed by atoms with Crippen molar-refractivity contribution in [1.82, 2.24) is 9.88 Å². The Bertz CT molecular complexity index is 1110. The Kier molecular flexibility index (Phi) is 4.92. The van der Waals surface area contributed by atoms with Gasteiger partial charge in [-0.1, -0.05) is 11.6 Å². The van der Waals surface area contributed by atoms with Crippen molar-refractivity contribution in [2.24, 2.45) is 0 Å². The predicted molar refractivity (Wildman–Crippen MR) is 107 cm³/mol. The van der Waals surface area contributed by atoms with E-state index in [-0.39, 0.29) is 29.3 Å². The number of likely N-dealkylation sites (tertiary alicyclic amines) is 1. The lowest BCUT2D eigenvalue weighted by Gasteiger charge is -2.30. The average molecular weight is 433 g/mol. The average Bonchev–Trinajstić information content (AvgIpc) is 3.19. The molecule has 1 N–H and O–H groups in total. The molecule has 0 aliphatic carbocycles. The zero-order chi connectivity index (χ0) is 20.8. The van der Waals surface area contributed by atoms with Crippen LogP contribution < -0.4 is 0 Å². The van der Waals surface area contributed by atoms with Gasteiger partial charge >= 0.3 is 0 Å². The number of carbonyl (C=O) groups is 2. The van der Waals surface area contributed by atoms with Gasteiger partial charge in [0.2, 0.25) is 0 Å². The minimum absolute atomic E-state index is 0.0408. The highest BCUT2D eigenvalue weighted by Gasteiger charge is 2.50. The van der Waals surface area contributed by atoms with E-state index in [0.717, 1.165) is 0 Å². The Morgan fingerprint density at radius 2 is 1.76 bits per heavy atom. The number of aromatic nitrogens is 1. The van der Waals surface area contributed by atoms with E-state index in [1.54, 1.807) is 36.4 Å². The van der Waals surface area contributed by atoms with Crippen LogP contribution in [0.2, 0.25) is 5.02 Å². The SMILES string of the molecule is O=C1C(=O)N([C@@H]2CCS(=O)(=O)C2)[C@@H](c2ccncc2)/C1=C(\O)c1ccc(Cl)cc1. The third-order valence-corrected chi connectivity index (χ3v) is 7.22. The van der Waals surface area contributed by atoms with E-state index in [1.165, 1.54) is 17.3 Å². The van der Waals surface area contributed by atoms with E-state index in [0.29, 0.717) is 16.1 Å². The maximum atomic E-state index is 12.9. The normalized spacial score (nSPS) is 25.5. The number of ketones is 1. The van der Waals surface area contributed by atoms with Crippen LogP contribution in [0.4, 0.5) is 0 Å². The second-order valence-electron chi connectivity index (χ2n) is 7.05. The van der Waals surface area contributed by atoms with Gasteiger partial charge in [-0.3, -0.25) is 14.6 Å². The topological polar surface area (TPSA) is 105 Å². The molecule has 0 bridgehead atoms. The molecule has 150 valence electrons. The fourth-order valence-electron chi connectivity index (χ4n) is 3.86. The van der Waals surface area contributed by atoms with Gasteiger partial charge < -0.3 is 10.0 Å². The van der Waals surface area contributed by atoms with Gasteiger partial charge in [0.25, 0.3) is 11.7 Å². The Morgan fingerprint density at radius 3 is 2.34 bits per heavy atom. The Hall–Kier alpha value is -2.71. The molecule has 0 unspecified atom stereocenters. The summed E-state index contributed by atoms with van der Waals surface area (Å²) < 4.78 is 24.0. The van der Waals surface area contributed by atoms with Gasteiger partial charge in [-0.2, -0.15) is 0 Å². The van der Waals surface area contributed by atoms with Crippen LogP contribution in [-0.2, 0) is 19.4 Å². The highest BCUT2D eigenvalue weighted by atomic mass is 35.5. The molecule has 2 aromatic rings. The minimum atomic E-state index is -3.28. The van der Waals surface area contributed by atoms with E-state index < -0.39 is 33.6 Å². The molecule has 3 heterocycles. The molecule has 1 aromatic carbocycles. The first-order chi connectivity index (χ1) is 13.8. The lowest BCUT2D eigenvalue weighted by molar-refractivity contribution is -0.141. The molecule has 0 radical (unpaired) electrons. The first-order valence-electron chi connectivity index (χ1n) is 8.95. The smallest absolute Gasteiger partial charge is 0.295 e. The summed E-state index contributed by atoms with van der Waals surface area (Å²) in [6, 6.07) is 7.99. The molecule has 0 saturated carbocycles. The second kappa shape index (κ2) is 7.27. The standard InChI is InChI=1S/C20H17ClN2O5S/c21-14-3-1-13(2-4-14)18(24)16-17(12-5-8-22-9-6-12)23(20(26)19(16)25)15-7-10-29(27,28)11-15/h1-6,8-9,15,17,24H,7,10-11H2/b18-16+/t15-,17+/m1/s1. The molecule has 2 saturated heterocycles. The maximum Gasteiger partial charge on any atom is 0.295 e. The van der Waals surface area contributed by atoms with Crippen LogP contribution in [0.15, 0.2) is 54.4 Å². The fourth-order valence-corrected chi connectivity index (χ4v) is 5.70. The van der Waals surface area contributed by atoms with Gasteiger partial charge in [0.1, 0.15) is 5.76 Å². The number of Topliss-reactive ketones (excluding diaryl/α,β-unsaturated/α-hetero) is 1. The van der Waals surface area contributed by atoms with Crippen molar-refractivity contribution in [2.45, 2.75) is 18.5 Å². The Labute approximate surface area is 172 Å². The zero-order valence-corrected chi connectivity index (χ0v) is 16.7. The number of pyridine rings is 1. The van der Waals surface area contributed by atoms with E-state index in [4.69, 9.17) is 11.6 Å². The Balaban J connectivity index is 1.88. The second-order valence-corrected chi connectivity index (χ2v) is 9.72. The number of hydrogen-bond donors (Lipinski definition) is 1. The van der Waals surface area contributed by atoms with E-state index in [9.17, 15) is 23.1 Å². The lowest BCUT2D eigenvalue weighted by atomic mass is 9.95. The van der Waals surface area contributed by atoms with Crippen LogP contribution in [-0.4, -0.2) is 52.6 Å². The fraction of sp³-hybridized carbons (Fsp3) is 0.250. The molecule has 2 fully saturated rings. The third-order valence-electron chi connectivity index (χ3n) is 5.22. The molecule has 29 heavy (non-hydrogen) atoms. The maximum absolute atomic E-state index is 12.9. The molecule has 1 aromatic heterocycles. The monoisotopic (exact) mass is 432 g/mol. The van der Waals surface area contributed by atoms with Gasteiger partial charge in [-0.05, 0) is 48.4 Å². The quantitative estimate of drug-likeness (QED) is 0.453. The van der Waals surface area contributed by atoms with Gasteiger partial charge in [0.15, 0.2) is 9.84 Å². The van der Waals surface area contributed by atoms with Crippen LogP contribution in [0.25, 0.3) is 5.76 Å². The summed E-state index contributed by atoms with van der Waals surface area (Å²) in [4.78, 5) is 31.0. The number of benzene rings is 1. The highest BCUT2D eigenvalue weighted by molar-refractivity contribution is 7.91. The molecule has 0 spiro atoms. The zero-order valence-electron chi connectivity index (χ0n) is 15.2. The molecule has 2 aliphatic rings. The molecular weight excluding hydrogens is 416 g/mol. The molecule has 2 aliphatic heterocycles. The van der Waals surface area contributed by atoms with Gasteiger partial charge in [0.05, 0.1) is 23.1 Å². The summed E-state index contributed by atoms with van der Waals surface area (Å²) in [5.41, 5.74) is 0.831. The Morgan fingerprint density at radius 1 is 1.10 bits per heavy atom. The summed E-state index contributed by atoms with van der Waals surface area (Å²) in [6.07, 6.45) is 3.28. The molecule has 1 amide bonds. The number of aliphatic hydroxyl groups is 1. The van der Waals surface area contributed by atoms with Crippen molar-refractivity contribution in [3.63, 3.8) is 0 Å². The number of hydrogen-bond acceptors (Lipinski definition) is 6. The third kappa shape index (κ3) is 3.54. The van der Waals surface area contributed by atoms with Crippen LogP contribution >= 0.6 is 11.6 Å². The molecule has 9 heteroatoms. The van der Waals surface area contributed by atoms with Gasteiger partial charge in [-0.15, -0.1) is 0 Å². The summed E-state index contributed by atoms with van der Waals surface area (Å²) >= 11 is 5.90. The highest BCUT2D eigenvalue weighted by Crippen LogP contribution is 2.42. The summed E-state index contributed by atoms with van der Waals surface area (Å²) in [5, 5.41) is 11.4. The lowest BCUT2D eigenvalue weighted by Crippen LogP contribution is -2.40. The van der Waals surface area contributed by atoms with Crippen molar-refractivity contribution in [3.05, 3.63) is 70.5 Å². The summed E-state index contributed by atoms with van der Waals surface area (Å²) in [5.74, 6) is -2.23. The van der Waals surface area contributed by atoms with E-state index >= 15 is 0 Å². The van der Waals surface area contributed by atoms with Gasteiger partial charge in [-0.25, -0.2) is 8.42 Å². The van der Waals surface area contributed by atoms with Gasteiger partial charge in [0, 0.05) is 29.0 Å². The number of rotatable bonds is 3. The molecule has 4 rings (SSSR count). The van der Waals surface area contributed by atoms with Crippen LogP contribution in [0.1, 0.15) is 23.6 Å². The van der Waals surface area contributed by atoms with E-state index in [1.807, 2.05) is 0 Å². The summed E-state index contributed by atoms with van der Waals surface area (Å²) in [7, 11) is -3.28. The molecule has 7 nitrogen and oxygen atoms in total.